The molecular weight excluding hydrogens is 167 g/mol. The maximum absolute atomic E-state index is 12.8. The number of H-pyrrole nitrogens is 1. The van der Waals surface area contributed by atoms with Gasteiger partial charge in [-0.15, -0.1) is 0 Å². The monoisotopic (exact) mass is 174 g/mol. The summed E-state index contributed by atoms with van der Waals surface area (Å²) in [5.74, 6) is -0.293. The number of nitriles is 1. The summed E-state index contributed by atoms with van der Waals surface area (Å²) in [7, 11) is 0. The van der Waals surface area contributed by atoms with E-state index in [1.165, 1.54) is 12.1 Å². The Labute approximate surface area is 74.6 Å². The molecule has 0 spiro atoms. The summed E-state index contributed by atoms with van der Waals surface area (Å²) in [5, 5.41) is 9.59. The number of fused-ring (bicyclic) bond motifs is 1. The van der Waals surface area contributed by atoms with Crippen LogP contribution in [0.3, 0.4) is 0 Å². The highest BCUT2D eigenvalue weighted by Gasteiger charge is 2.07. The van der Waals surface area contributed by atoms with Crippen LogP contribution in [0.1, 0.15) is 11.3 Å². The number of hydrogen-bond acceptors (Lipinski definition) is 1. The molecule has 1 heterocycles. The van der Waals surface area contributed by atoms with Gasteiger partial charge in [0.05, 0.1) is 5.56 Å². The molecular formula is C10H7FN2. The van der Waals surface area contributed by atoms with Crippen molar-refractivity contribution in [3.05, 3.63) is 35.3 Å². The predicted octanol–water partition coefficient (Wildman–Crippen LogP) is 2.49. The highest BCUT2D eigenvalue weighted by molar-refractivity contribution is 5.87. The fourth-order valence-electron chi connectivity index (χ4n) is 1.45. The molecule has 0 bridgehead atoms. The van der Waals surface area contributed by atoms with Gasteiger partial charge < -0.3 is 4.98 Å². The number of halogens is 1. The van der Waals surface area contributed by atoms with Crippen molar-refractivity contribution in [2.45, 2.75) is 6.92 Å². The maximum Gasteiger partial charge on any atom is 0.125 e. The minimum Gasteiger partial charge on any atom is -0.357 e. The van der Waals surface area contributed by atoms with Crippen LogP contribution < -0.4 is 0 Å². The molecule has 0 fully saturated rings. The molecule has 1 N–H and O–H groups in total. The second-order valence-electron chi connectivity index (χ2n) is 2.93. The molecule has 2 aromatic rings. The number of aromatic amines is 1. The highest BCUT2D eigenvalue weighted by Crippen LogP contribution is 2.21. The Hall–Kier alpha value is -1.82. The topological polar surface area (TPSA) is 39.6 Å². The summed E-state index contributed by atoms with van der Waals surface area (Å²) in [5.41, 5.74) is 2.05. The molecule has 0 atom stereocenters. The first kappa shape index (κ1) is 7.81. The van der Waals surface area contributed by atoms with Crippen LogP contribution in [0.25, 0.3) is 10.9 Å². The lowest BCUT2D eigenvalue weighted by atomic mass is 10.1. The third kappa shape index (κ3) is 1.07. The molecule has 2 rings (SSSR count). The Morgan fingerprint density at radius 2 is 2.23 bits per heavy atom. The zero-order valence-corrected chi connectivity index (χ0v) is 7.06. The number of hydrogen-bond donors (Lipinski definition) is 1. The molecule has 2 nitrogen and oxygen atoms in total. The number of nitrogens with one attached hydrogen (secondary N) is 1. The molecule has 0 aliphatic heterocycles. The van der Waals surface area contributed by atoms with Crippen LogP contribution in [-0.2, 0) is 0 Å². The summed E-state index contributed by atoms with van der Waals surface area (Å²) in [6, 6.07) is 6.45. The number of aromatic nitrogens is 1. The summed E-state index contributed by atoms with van der Waals surface area (Å²) < 4.78 is 12.8. The molecule has 0 amide bonds. The van der Waals surface area contributed by atoms with Gasteiger partial charge in [-0.25, -0.2) is 4.39 Å². The minimum atomic E-state index is -0.293. The summed E-state index contributed by atoms with van der Waals surface area (Å²) in [6.07, 6.45) is 0. The molecule has 0 aliphatic carbocycles. The van der Waals surface area contributed by atoms with Gasteiger partial charge in [0, 0.05) is 16.6 Å². The van der Waals surface area contributed by atoms with E-state index in [0.717, 1.165) is 11.1 Å². The molecule has 0 saturated carbocycles. The smallest absolute Gasteiger partial charge is 0.125 e. The molecule has 0 saturated heterocycles. The van der Waals surface area contributed by atoms with Gasteiger partial charge in [0.25, 0.3) is 0 Å². The fourth-order valence-corrected chi connectivity index (χ4v) is 1.45. The third-order valence-corrected chi connectivity index (χ3v) is 2.06. The molecule has 1 aromatic carbocycles. The lowest BCUT2D eigenvalue weighted by Gasteiger charge is -1.89. The number of benzene rings is 1. The van der Waals surface area contributed by atoms with Crippen molar-refractivity contribution in [3.63, 3.8) is 0 Å². The van der Waals surface area contributed by atoms with E-state index in [0.29, 0.717) is 11.1 Å². The van der Waals surface area contributed by atoms with Crippen LogP contribution in [0, 0.1) is 24.1 Å². The van der Waals surface area contributed by atoms with Crippen LogP contribution >= 0.6 is 0 Å². The molecule has 13 heavy (non-hydrogen) atoms. The van der Waals surface area contributed by atoms with Crippen molar-refractivity contribution < 1.29 is 4.39 Å². The normalized spacial score (nSPS) is 10.2. The summed E-state index contributed by atoms with van der Waals surface area (Å²) in [6.45, 7) is 1.80. The number of nitrogens with zero attached hydrogens (tertiary/aromatic N) is 1. The SMILES string of the molecule is Cc1[nH]c2cc(F)ccc2c1C#N. The van der Waals surface area contributed by atoms with Crippen LogP contribution in [0.15, 0.2) is 18.2 Å². The molecule has 3 heteroatoms. The number of aryl methyl sites for hydroxylation is 1. The van der Waals surface area contributed by atoms with Gasteiger partial charge >= 0.3 is 0 Å². The Morgan fingerprint density at radius 3 is 2.92 bits per heavy atom. The van der Waals surface area contributed by atoms with Crippen molar-refractivity contribution >= 4 is 10.9 Å². The summed E-state index contributed by atoms with van der Waals surface area (Å²) in [4.78, 5) is 2.96. The summed E-state index contributed by atoms with van der Waals surface area (Å²) >= 11 is 0. The van der Waals surface area contributed by atoms with Crippen LogP contribution in [-0.4, -0.2) is 4.98 Å². The van der Waals surface area contributed by atoms with Crippen molar-refractivity contribution in [1.82, 2.24) is 4.98 Å². The first-order valence-corrected chi connectivity index (χ1v) is 3.90. The first-order valence-electron chi connectivity index (χ1n) is 3.90. The van der Waals surface area contributed by atoms with Gasteiger partial charge in [-0.3, -0.25) is 0 Å². The Bertz CT molecular complexity index is 505. The van der Waals surface area contributed by atoms with E-state index in [2.05, 4.69) is 11.1 Å². The molecule has 0 unspecified atom stereocenters. The Morgan fingerprint density at radius 1 is 1.46 bits per heavy atom. The van der Waals surface area contributed by atoms with Gasteiger partial charge in [0.1, 0.15) is 11.9 Å². The van der Waals surface area contributed by atoms with Gasteiger partial charge in [-0.05, 0) is 25.1 Å². The van der Waals surface area contributed by atoms with E-state index in [-0.39, 0.29) is 5.82 Å². The van der Waals surface area contributed by atoms with E-state index in [1.807, 2.05) is 0 Å². The quantitative estimate of drug-likeness (QED) is 0.654. The van der Waals surface area contributed by atoms with Crippen molar-refractivity contribution in [1.29, 1.82) is 5.26 Å². The minimum absolute atomic E-state index is 0.293. The van der Waals surface area contributed by atoms with Gasteiger partial charge in [0.2, 0.25) is 0 Å². The highest BCUT2D eigenvalue weighted by atomic mass is 19.1. The molecule has 0 aliphatic rings. The Balaban J connectivity index is 2.88. The van der Waals surface area contributed by atoms with Gasteiger partial charge in [-0.1, -0.05) is 0 Å². The lowest BCUT2D eigenvalue weighted by Crippen LogP contribution is -1.74. The predicted molar refractivity (Wildman–Crippen MR) is 47.7 cm³/mol. The fraction of sp³-hybridized carbons (Fsp3) is 0.100. The average molecular weight is 174 g/mol. The second-order valence-corrected chi connectivity index (χ2v) is 2.93. The number of rotatable bonds is 0. The largest absolute Gasteiger partial charge is 0.357 e. The molecule has 0 radical (unpaired) electrons. The molecule has 1 aromatic heterocycles. The van der Waals surface area contributed by atoms with Crippen molar-refractivity contribution in [2.24, 2.45) is 0 Å². The van der Waals surface area contributed by atoms with Crippen LogP contribution in [0.4, 0.5) is 4.39 Å². The maximum atomic E-state index is 12.8. The van der Waals surface area contributed by atoms with Gasteiger partial charge in [-0.2, -0.15) is 5.26 Å². The van der Waals surface area contributed by atoms with E-state index < -0.39 is 0 Å². The van der Waals surface area contributed by atoms with Crippen LogP contribution in [0.5, 0.6) is 0 Å². The zero-order chi connectivity index (χ0) is 9.42. The van der Waals surface area contributed by atoms with E-state index in [9.17, 15) is 4.39 Å². The van der Waals surface area contributed by atoms with Gasteiger partial charge in [0.15, 0.2) is 0 Å². The standard InChI is InChI=1S/C10H7FN2/c1-6-9(5-12)8-3-2-7(11)4-10(8)13-6/h2-4,13H,1H3. The first-order chi connectivity index (χ1) is 6.22. The van der Waals surface area contributed by atoms with Crippen LogP contribution in [0.2, 0.25) is 0 Å². The van der Waals surface area contributed by atoms with E-state index in [1.54, 1.807) is 13.0 Å². The third-order valence-electron chi connectivity index (χ3n) is 2.06. The average Bonchev–Trinajstić information content (AvgIpc) is 2.39. The van der Waals surface area contributed by atoms with Crippen molar-refractivity contribution in [3.8, 4) is 6.07 Å². The van der Waals surface area contributed by atoms with E-state index in [4.69, 9.17) is 5.26 Å². The zero-order valence-electron chi connectivity index (χ0n) is 7.06. The second kappa shape index (κ2) is 2.60. The Kier molecular flexibility index (Phi) is 1.56. The van der Waals surface area contributed by atoms with E-state index >= 15 is 0 Å². The molecule has 64 valence electrons. The van der Waals surface area contributed by atoms with Crippen molar-refractivity contribution in [2.75, 3.05) is 0 Å². The lowest BCUT2D eigenvalue weighted by molar-refractivity contribution is 0.629.